The van der Waals surface area contributed by atoms with E-state index in [9.17, 15) is 32.3 Å². The number of anilines is 1. The number of fused-ring (bicyclic) bond motifs is 3. The fourth-order valence-corrected chi connectivity index (χ4v) is 6.74. The van der Waals surface area contributed by atoms with Crippen LogP contribution in [-0.2, 0) is 19.3 Å². The van der Waals surface area contributed by atoms with Crippen LogP contribution in [0.1, 0.15) is 35.5 Å². The van der Waals surface area contributed by atoms with E-state index in [4.69, 9.17) is 0 Å². The molecule has 0 aliphatic carbocycles. The molecule has 2 N–H and O–H groups in total. The summed E-state index contributed by atoms with van der Waals surface area (Å²) >= 11 is 6.64. The van der Waals surface area contributed by atoms with Gasteiger partial charge in [-0.05, 0) is 124 Å². The monoisotopic (exact) mass is 928 g/mol. The molecule has 0 unspecified atom stereocenters. The molecule has 0 radical (unpaired) electrons. The van der Waals surface area contributed by atoms with Crippen LogP contribution in [0, 0.1) is 6.92 Å². The Kier molecular flexibility index (Phi) is 13.0. The number of rotatable bonds is 5. The van der Waals surface area contributed by atoms with Crippen molar-refractivity contribution in [2.24, 2.45) is 0 Å². The third-order valence-electron chi connectivity index (χ3n) is 8.90. The van der Waals surface area contributed by atoms with E-state index in [0.717, 1.165) is 53.6 Å². The van der Waals surface area contributed by atoms with Crippen molar-refractivity contribution in [3.63, 3.8) is 0 Å². The van der Waals surface area contributed by atoms with Gasteiger partial charge in [0, 0.05) is 98.0 Å². The largest absolute Gasteiger partial charge is 0.433 e. The number of aromatic nitrogens is 7. The highest BCUT2D eigenvalue weighted by atomic mass is 79.9. The molecule has 7 heterocycles. The van der Waals surface area contributed by atoms with Gasteiger partial charge in [0.1, 0.15) is 22.6 Å². The third-order valence-corrected chi connectivity index (χ3v) is 9.77. The van der Waals surface area contributed by atoms with E-state index in [1.165, 1.54) is 18.2 Å². The Morgan fingerprint density at radius 3 is 1.95 bits per heavy atom. The van der Waals surface area contributed by atoms with Gasteiger partial charge in [-0.1, -0.05) is 6.07 Å². The molecule has 1 amide bonds. The molecule has 17 heteroatoms. The van der Waals surface area contributed by atoms with Gasteiger partial charge in [-0.15, -0.1) is 0 Å². The zero-order chi connectivity index (χ0) is 42.4. The summed E-state index contributed by atoms with van der Waals surface area (Å²) in [7, 11) is 0. The van der Waals surface area contributed by atoms with Crippen LogP contribution < -0.4 is 22.0 Å². The second kappa shape index (κ2) is 18.1. The Labute approximate surface area is 350 Å². The van der Waals surface area contributed by atoms with Gasteiger partial charge in [0.05, 0.1) is 0 Å². The minimum Gasteiger partial charge on any atom is -0.322 e. The zero-order valence-electron chi connectivity index (χ0n) is 31.5. The molecular formula is C42H33Br2F3N8O4. The van der Waals surface area contributed by atoms with Gasteiger partial charge in [0.25, 0.3) is 17.0 Å². The van der Waals surface area contributed by atoms with E-state index in [2.05, 4.69) is 62.1 Å². The molecular weight excluding hydrogens is 897 g/mol. The minimum atomic E-state index is -4.64. The molecule has 0 spiro atoms. The van der Waals surface area contributed by atoms with Crippen LogP contribution in [0.25, 0.3) is 44.2 Å². The van der Waals surface area contributed by atoms with Crippen molar-refractivity contribution in [2.75, 3.05) is 5.32 Å². The summed E-state index contributed by atoms with van der Waals surface area (Å²) in [5.74, 6) is -0.679. The minimum absolute atomic E-state index is 0.00479. The Balaban J connectivity index is 0.000000182. The number of halogens is 5. The van der Waals surface area contributed by atoms with E-state index in [0.29, 0.717) is 36.1 Å². The number of H-pyrrole nitrogens is 1. The molecule has 300 valence electrons. The number of aromatic amines is 1. The topological polar surface area (TPSA) is 158 Å². The summed E-state index contributed by atoms with van der Waals surface area (Å²) in [6.45, 7) is 6.84. The smallest absolute Gasteiger partial charge is 0.322 e. The maximum atomic E-state index is 12.9. The lowest BCUT2D eigenvalue weighted by Crippen LogP contribution is -2.18. The van der Waals surface area contributed by atoms with E-state index in [1.807, 2.05) is 39.0 Å². The van der Waals surface area contributed by atoms with Crippen LogP contribution in [0.15, 0.2) is 133 Å². The van der Waals surface area contributed by atoms with Gasteiger partial charge < -0.3 is 10.3 Å². The zero-order valence-corrected chi connectivity index (χ0v) is 34.7. The Hall–Kier alpha value is -6.33. The van der Waals surface area contributed by atoms with Crippen molar-refractivity contribution in [3.8, 4) is 11.1 Å². The average molecular weight is 931 g/mol. The first kappa shape index (κ1) is 42.3. The maximum Gasteiger partial charge on any atom is 0.433 e. The summed E-state index contributed by atoms with van der Waals surface area (Å²) in [4.78, 5) is 65.5. The number of pyridine rings is 7. The number of nitrogens with zero attached hydrogens (tertiary/aromatic N) is 6. The molecule has 8 aromatic rings. The lowest BCUT2D eigenvalue weighted by molar-refractivity contribution is -0.141. The first-order valence-corrected chi connectivity index (χ1v) is 19.5. The van der Waals surface area contributed by atoms with Crippen molar-refractivity contribution >= 4 is 76.6 Å². The quantitative estimate of drug-likeness (QED) is 0.173. The molecule has 0 aliphatic heterocycles. The SMILES string of the molecule is CCn1c(=O)ccc2cc(-c3cc(NC(=O)c4ccnc(C(F)(F)F)c4)ccc3C)cnc21.CCn1c(=O)ccc2cc(Br)cnc21.O=c1ccc2cc(Br)cnc2[nH]1. The van der Waals surface area contributed by atoms with E-state index >= 15 is 0 Å². The normalized spacial score (nSPS) is 11.1. The highest BCUT2D eigenvalue weighted by Crippen LogP contribution is 2.30. The van der Waals surface area contributed by atoms with Crippen molar-refractivity contribution in [2.45, 2.75) is 40.0 Å². The number of carbonyl (C=O) groups is 1. The van der Waals surface area contributed by atoms with Crippen molar-refractivity contribution < 1.29 is 18.0 Å². The molecule has 0 aliphatic rings. The molecule has 1 aromatic carbocycles. The molecule has 0 bridgehead atoms. The van der Waals surface area contributed by atoms with Crippen LogP contribution in [0.4, 0.5) is 18.9 Å². The fourth-order valence-electron chi connectivity index (χ4n) is 6.04. The van der Waals surface area contributed by atoms with Crippen molar-refractivity contribution in [3.05, 3.63) is 167 Å². The van der Waals surface area contributed by atoms with Crippen molar-refractivity contribution in [1.29, 1.82) is 0 Å². The van der Waals surface area contributed by atoms with Gasteiger partial charge in [0.2, 0.25) is 5.56 Å². The van der Waals surface area contributed by atoms with E-state index in [-0.39, 0.29) is 22.2 Å². The van der Waals surface area contributed by atoms with Gasteiger partial charge in [-0.2, -0.15) is 13.2 Å². The van der Waals surface area contributed by atoms with Gasteiger partial charge in [0.15, 0.2) is 0 Å². The van der Waals surface area contributed by atoms with Crippen molar-refractivity contribution in [1.82, 2.24) is 34.1 Å². The predicted octanol–water partition coefficient (Wildman–Crippen LogP) is 8.92. The number of benzene rings is 1. The van der Waals surface area contributed by atoms with Crippen LogP contribution >= 0.6 is 31.9 Å². The van der Waals surface area contributed by atoms with Gasteiger partial charge in [-0.25, -0.2) is 15.0 Å². The van der Waals surface area contributed by atoms with Crippen LogP contribution in [0.3, 0.4) is 0 Å². The number of carbonyl (C=O) groups excluding carboxylic acids is 1. The summed E-state index contributed by atoms with van der Waals surface area (Å²) < 4.78 is 43.8. The lowest BCUT2D eigenvalue weighted by Gasteiger charge is -2.13. The number of amides is 1. The van der Waals surface area contributed by atoms with Gasteiger partial charge in [-0.3, -0.25) is 33.3 Å². The molecule has 0 atom stereocenters. The lowest BCUT2D eigenvalue weighted by atomic mass is 10.0. The first-order chi connectivity index (χ1) is 28.1. The number of alkyl halides is 3. The molecule has 0 fully saturated rings. The second-order valence-electron chi connectivity index (χ2n) is 12.9. The molecule has 8 rings (SSSR count). The summed E-state index contributed by atoms with van der Waals surface area (Å²) in [6.07, 6.45) is 1.32. The molecule has 59 heavy (non-hydrogen) atoms. The van der Waals surface area contributed by atoms with Crippen LogP contribution in [0.5, 0.6) is 0 Å². The Bertz CT molecular complexity index is 3040. The maximum absolute atomic E-state index is 12.9. The third kappa shape index (κ3) is 10.0. The summed E-state index contributed by atoms with van der Waals surface area (Å²) in [5, 5.41) is 5.32. The average Bonchev–Trinajstić information content (AvgIpc) is 3.21. The number of aryl methyl sites for hydroxylation is 3. The van der Waals surface area contributed by atoms with E-state index in [1.54, 1.807) is 70.2 Å². The van der Waals surface area contributed by atoms with Crippen LogP contribution in [-0.4, -0.2) is 40.0 Å². The van der Waals surface area contributed by atoms with Gasteiger partial charge >= 0.3 is 6.18 Å². The summed E-state index contributed by atoms with van der Waals surface area (Å²) in [6, 6.07) is 22.7. The number of hydrogen-bond acceptors (Lipinski definition) is 8. The fraction of sp³-hybridized carbons (Fsp3) is 0.143. The first-order valence-electron chi connectivity index (χ1n) is 17.9. The predicted molar refractivity (Wildman–Crippen MR) is 228 cm³/mol. The van der Waals surface area contributed by atoms with E-state index < -0.39 is 17.8 Å². The second-order valence-corrected chi connectivity index (χ2v) is 14.7. The number of hydrogen-bond donors (Lipinski definition) is 2. The Morgan fingerprint density at radius 2 is 1.31 bits per heavy atom. The van der Waals surface area contributed by atoms with Crippen LogP contribution in [0.2, 0.25) is 0 Å². The molecule has 12 nitrogen and oxygen atoms in total. The number of nitrogens with one attached hydrogen (secondary N) is 2. The highest BCUT2D eigenvalue weighted by Gasteiger charge is 2.33. The highest BCUT2D eigenvalue weighted by molar-refractivity contribution is 9.10. The summed E-state index contributed by atoms with van der Waals surface area (Å²) in [5.41, 5.74) is 3.30. The molecule has 0 saturated heterocycles. The molecule has 7 aromatic heterocycles. The standard InChI is InChI=1S/C24H19F3N4O2.C10H9BrN2O.C8H5BrN2O/c1-3-31-21(32)7-5-15-10-17(13-29-22(15)31)19-12-18(6-4-14(19)2)30-23(33)16-8-9-28-20(11-16)24(25,26)27;1-2-13-9(14)4-3-7-5-8(11)6-12-10(7)13;9-6-3-5-1-2-7(12)11-8(5)10-4-6/h4-13H,3H2,1-2H3,(H,30,33);3-6H,2H2,1H3;1-4H,(H,10,11,12). The molecule has 0 saturated carbocycles. The Morgan fingerprint density at radius 1 is 0.712 bits per heavy atom.